The number of amides is 1. The third-order valence-corrected chi connectivity index (χ3v) is 3.61. The third-order valence-electron chi connectivity index (χ3n) is 2.90. The second kappa shape index (κ2) is 6.99. The van der Waals surface area contributed by atoms with Crippen molar-refractivity contribution >= 4 is 27.8 Å². The SMILES string of the molecule is O=C(N[C@@H](Cc1cccnc1Br)C(=O)O)c1ccccc1. The maximum atomic E-state index is 12.0. The Bertz CT molecular complexity index is 646. The highest BCUT2D eigenvalue weighted by molar-refractivity contribution is 9.10. The van der Waals surface area contributed by atoms with E-state index in [-0.39, 0.29) is 6.42 Å². The smallest absolute Gasteiger partial charge is 0.326 e. The molecule has 21 heavy (non-hydrogen) atoms. The Morgan fingerprint density at radius 2 is 1.90 bits per heavy atom. The van der Waals surface area contributed by atoms with Crippen LogP contribution in [-0.2, 0) is 11.2 Å². The lowest BCUT2D eigenvalue weighted by Gasteiger charge is -2.15. The van der Waals surface area contributed by atoms with Crippen molar-refractivity contribution in [2.75, 3.05) is 0 Å². The van der Waals surface area contributed by atoms with E-state index in [0.717, 1.165) is 5.56 Å². The van der Waals surface area contributed by atoms with Crippen molar-refractivity contribution < 1.29 is 14.7 Å². The van der Waals surface area contributed by atoms with Gasteiger partial charge in [0, 0.05) is 18.2 Å². The van der Waals surface area contributed by atoms with Crippen LogP contribution in [0.3, 0.4) is 0 Å². The molecule has 1 aromatic carbocycles. The molecule has 6 heteroatoms. The summed E-state index contributed by atoms with van der Waals surface area (Å²) in [4.78, 5) is 27.4. The Labute approximate surface area is 130 Å². The molecule has 0 radical (unpaired) electrons. The molecule has 108 valence electrons. The van der Waals surface area contributed by atoms with Crippen molar-refractivity contribution in [3.05, 3.63) is 64.4 Å². The molecule has 0 bridgehead atoms. The van der Waals surface area contributed by atoms with Gasteiger partial charge in [0.05, 0.1) is 0 Å². The molecule has 0 saturated carbocycles. The lowest BCUT2D eigenvalue weighted by atomic mass is 10.1. The van der Waals surface area contributed by atoms with E-state index in [0.29, 0.717) is 10.2 Å². The molecule has 1 aromatic heterocycles. The molecule has 0 saturated heterocycles. The summed E-state index contributed by atoms with van der Waals surface area (Å²) in [6.45, 7) is 0. The van der Waals surface area contributed by atoms with Crippen molar-refractivity contribution in [3.63, 3.8) is 0 Å². The molecule has 0 aliphatic heterocycles. The van der Waals surface area contributed by atoms with E-state index in [1.165, 1.54) is 0 Å². The second-order valence-electron chi connectivity index (χ2n) is 4.39. The van der Waals surface area contributed by atoms with E-state index in [1.54, 1.807) is 48.7 Å². The number of hydrogen-bond acceptors (Lipinski definition) is 3. The number of carboxylic acids is 1. The van der Waals surface area contributed by atoms with Gasteiger partial charge >= 0.3 is 5.97 Å². The zero-order valence-electron chi connectivity index (χ0n) is 11.0. The van der Waals surface area contributed by atoms with Gasteiger partial charge in [-0.3, -0.25) is 4.79 Å². The summed E-state index contributed by atoms with van der Waals surface area (Å²) in [5.74, 6) is -1.50. The number of pyridine rings is 1. The molecule has 1 atom stereocenters. The first-order valence-electron chi connectivity index (χ1n) is 6.26. The molecule has 0 aliphatic rings. The fourth-order valence-corrected chi connectivity index (χ4v) is 2.23. The van der Waals surface area contributed by atoms with Crippen LogP contribution < -0.4 is 5.32 Å². The van der Waals surface area contributed by atoms with Crippen molar-refractivity contribution in [1.29, 1.82) is 0 Å². The van der Waals surface area contributed by atoms with Crippen LogP contribution in [-0.4, -0.2) is 28.0 Å². The van der Waals surface area contributed by atoms with Crippen molar-refractivity contribution in [3.8, 4) is 0 Å². The van der Waals surface area contributed by atoms with Crippen LogP contribution in [0, 0.1) is 0 Å². The Balaban J connectivity index is 2.12. The summed E-state index contributed by atoms with van der Waals surface area (Å²) in [6.07, 6.45) is 1.76. The van der Waals surface area contributed by atoms with E-state index >= 15 is 0 Å². The summed E-state index contributed by atoms with van der Waals surface area (Å²) < 4.78 is 0.574. The topological polar surface area (TPSA) is 79.3 Å². The van der Waals surface area contributed by atoms with Gasteiger partial charge in [-0.2, -0.15) is 0 Å². The third kappa shape index (κ3) is 4.13. The van der Waals surface area contributed by atoms with Gasteiger partial charge in [-0.1, -0.05) is 24.3 Å². The summed E-state index contributed by atoms with van der Waals surface area (Å²) in [5, 5.41) is 11.8. The Morgan fingerprint density at radius 3 is 2.52 bits per heavy atom. The fourth-order valence-electron chi connectivity index (χ4n) is 1.82. The zero-order valence-corrected chi connectivity index (χ0v) is 12.6. The molecule has 1 heterocycles. The standard InChI is InChI=1S/C15H13BrN2O3/c16-13-11(7-4-8-17-13)9-12(15(20)21)18-14(19)10-5-2-1-3-6-10/h1-8,12H,9H2,(H,18,19)(H,20,21)/t12-/m0/s1. The molecule has 2 rings (SSSR count). The minimum atomic E-state index is -1.09. The van der Waals surface area contributed by atoms with Crippen molar-refractivity contribution in [1.82, 2.24) is 10.3 Å². The molecule has 0 spiro atoms. The number of nitrogens with zero attached hydrogens (tertiary/aromatic N) is 1. The van der Waals surface area contributed by atoms with E-state index < -0.39 is 17.9 Å². The normalized spacial score (nSPS) is 11.7. The van der Waals surface area contributed by atoms with Gasteiger partial charge in [-0.05, 0) is 39.7 Å². The predicted octanol–water partition coefficient (Wildman–Crippen LogP) is 2.27. The highest BCUT2D eigenvalue weighted by atomic mass is 79.9. The number of halogens is 1. The van der Waals surface area contributed by atoms with Gasteiger partial charge in [0.1, 0.15) is 10.6 Å². The predicted molar refractivity (Wildman–Crippen MR) is 81.0 cm³/mol. The molecule has 0 aliphatic carbocycles. The van der Waals surface area contributed by atoms with Gasteiger partial charge < -0.3 is 10.4 Å². The summed E-state index contributed by atoms with van der Waals surface area (Å²) in [5.41, 5.74) is 1.15. The molecule has 5 nitrogen and oxygen atoms in total. The number of rotatable bonds is 5. The Hall–Kier alpha value is -2.21. The Kier molecular flexibility index (Phi) is 5.05. The fraction of sp³-hybridized carbons (Fsp3) is 0.133. The maximum absolute atomic E-state index is 12.0. The number of carboxylic acid groups (broad SMARTS) is 1. The van der Waals surface area contributed by atoms with Crippen LogP contribution in [0.4, 0.5) is 0 Å². The molecule has 0 unspecified atom stereocenters. The quantitative estimate of drug-likeness (QED) is 0.812. The largest absolute Gasteiger partial charge is 0.480 e. The lowest BCUT2D eigenvalue weighted by Crippen LogP contribution is -2.42. The van der Waals surface area contributed by atoms with E-state index in [1.807, 2.05) is 0 Å². The average molecular weight is 349 g/mol. The van der Waals surface area contributed by atoms with E-state index in [9.17, 15) is 14.7 Å². The van der Waals surface area contributed by atoms with Crippen LogP contribution in [0.25, 0.3) is 0 Å². The van der Waals surface area contributed by atoms with E-state index in [2.05, 4.69) is 26.2 Å². The average Bonchev–Trinajstić information content (AvgIpc) is 2.49. The van der Waals surface area contributed by atoms with Crippen LogP contribution in [0.2, 0.25) is 0 Å². The summed E-state index contributed by atoms with van der Waals surface area (Å²) in [7, 11) is 0. The first-order chi connectivity index (χ1) is 10.1. The van der Waals surface area contributed by atoms with Gasteiger partial charge in [0.25, 0.3) is 5.91 Å². The number of benzene rings is 1. The van der Waals surface area contributed by atoms with Crippen LogP contribution in [0.1, 0.15) is 15.9 Å². The first-order valence-corrected chi connectivity index (χ1v) is 7.05. The van der Waals surface area contributed by atoms with Crippen LogP contribution >= 0.6 is 15.9 Å². The minimum absolute atomic E-state index is 0.155. The zero-order chi connectivity index (χ0) is 15.2. The number of aliphatic carboxylic acids is 1. The van der Waals surface area contributed by atoms with Crippen LogP contribution in [0.15, 0.2) is 53.3 Å². The maximum Gasteiger partial charge on any atom is 0.326 e. The highest BCUT2D eigenvalue weighted by Crippen LogP contribution is 2.15. The number of nitrogens with one attached hydrogen (secondary N) is 1. The van der Waals surface area contributed by atoms with E-state index in [4.69, 9.17) is 0 Å². The van der Waals surface area contributed by atoms with Crippen molar-refractivity contribution in [2.45, 2.75) is 12.5 Å². The lowest BCUT2D eigenvalue weighted by molar-refractivity contribution is -0.139. The Morgan fingerprint density at radius 1 is 1.19 bits per heavy atom. The summed E-state index contributed by atoms with van der Waals surface area (Å²) >= 11 is 3.27. The van der Waals surface area contributed by atoms with Gasteiger partial charge in [0.15, 0.2) is 0 Å². The molecular weight excluding hydrogens is 336 g/mol. The first kappa shape index (κ1) is 15.2. The second-order valence-corrected chi connectivity index (χ2v) is 5.14. The molecule has 1 amide bonds. The highest BCUT2D eigenvalue weighted by Gasteiger charge is 2.22. The summed E-state index contributed by atoms with van der Waals surface area (Å²) in [6, 6.07) is 11.0. The number of carbonyl (C=O) groups excluding carboxylic acids is 1. The number of aromatic nitrogens is 1. The molecular formula is C15H13BrN2O3. The van der Waals surface area contributed by atoms with Crippen LogP contribution in [0.5, 0.6) is 0 Å². The number of carbonyl (C=O) groups is 2. The van der Waals surface area contributed by atoms with Gasteiger partial charge in [-0.25, -0.2) is 9.78 Å². The van der Waals surface area contributed by atoms with Crippen molar-refractivity contribution in [2.24, 2.45) is 0 Å². The number of hydrogen-bond donors (Lipinski definition) is 2. The monoisotopic (exact) mass is 348 g/mol. The molecule has 0 fully saturated rings. The molecule has 2 aromatic rings. The van der Waals surface area contributed by atoms with Gasteiger partial charge in [-0.15, -0.1) is 0 Å². The van der Waals surface area contributed by atoms with Gasteiger partial charge in [0.2, 0.25) is 0 Å². The molecule has 2 N–H and O–H groups in total. The minimum Gasteiger partial charge on any atom is -0.480 e.